The largest absolute Gasteiger partial charge is 1.00 e. The molecule has 0 aromatic carbocycles. The molecular weight excluding hydrogens is 602 g/mol. The normalized spacial score (nSPS) is 14.2. The maximum Gasteiger partial charge on any atom is 0.268 e. The van der Waals surface area contributed by atoms with Crippen LogP contribution in [-0.4, -0.2) is 40.8 Å². The van der Waals surface area contributed by atoms with Crippen molar-refractivity contribution in [1.29, 1.82) is 0 Å². The second kappa shape index (κ2) is 31.7. The Morgan fingerprint density at radius 2 is 0.837 bits per heavy atom. The maximum atomic E-state index is 13.1. The number of unbranched alkanes of at least 4 members (excludes halogenated alkanes) is 24. The van der Waals surface area contributed by atoms with Crippen molar-refractivity contribution in [2.45, 2.75) is 219 Å². The first-order chi connectivity index (χ1) is 20.3. The van der Waals surface area contributed by atoms with Crippen molar-refractivity contribution < 1.29 is 41.7 Å². The van der Waals surface area contributed by atoms with Gasteiger partial charge in [0.05, 0.1) is 13.5 Å². The lowest BCUT2D eigenvalue weighted by Gasteiger charge is -2.33. The minimum absolute atomic E-state index is 0. The van der Waals surface area contributed by atoms with E-state index in [1.165, 1.54) is 128 Å². The average Bonchev–Trinajstić information content (AvgIpc) is 2.97. The van der Waals surface area contributed by atoms with Gasteiger partial charge in [0.25, 0.3) is 5.72 Å². The van der Waals surface area contributed by atoms with Crippen LogP contribution in [0.1, 0.15) is 207 Å². The van der Waals surface area contributed by atoms with E-state index in [0.717, 1.165) is 38.5 Å². The highest BCUT2D eigenvalue weighted by molar-refractivity contribution is 5.91. The van der Waals surface area contributed by atoms with E-state index < -0.39 is 12.0 Å². The molecule has 43 heavy (non-hydrogen) atoms. The average molecular weight is 677 g/mol. The first kappa shape index (κ1) is 44.8. The van der Waals surface area contributed by atoms with Gasteiger partial charge in [-0.05, 0) is 12.8 Å². The summed E-state index contributed by atoms with van der Waals surface area (Å²) in [7, 11) is 1.62. The van der Waals surface area contributed by atoms with E-state index in [1.54, 1.807) is 14.0 Å². The van der Waals surface area contributed by atoms with Gasteiger partial charge in [0.15, 0.2) is 6.23 Å². The van der Waals surface area contributed by atoms with Gasteiger partial charge in [0, 0.05) is 19.8 Å². The molecule has 5 nitrogen and oxygen atoms in total. The van der Waals surface area contributed by atoms with Crippen LogP contribution in [0.5, 0.6) is 0 Å². The molecule has 0 spiro atoms. The number of likely N-dealkylation sites (N-methyl/N-ethyl adjacent to an activating group) is 1. The molecule has 0 bridgehead atoms. The summed E-state index contributed by atoms with van der Waals surface area (Å²) in [4.78, 5) is 26.2. The molecule has 0 saturated heterocycles. The van der Waals surface area contributed by atoms with Gasteiger partial charge in [0.1, 0.15) is 5.78 Å². The molecule has 0 radical (unpaired) electrons. The van der Waals surface area contributed by atoms with Crippen LogP contribution in [0, 0.1) is 0 Å². The van der Waals surface area contributed by atoms with E-state index in [2.05, 4.69) is 13.8 Å². The van der Waals surface area contributed by atoms with Crippen LogP contribution in [0.2, 0.25) is 0 Å². The summed E-state index contributed by atoms with van der Waals surface area (Å²) < 4.78 is 0. The number of ketones is 2. The van der Waals surface area contributed by atoms with E-state index in [0.29, 0.717) is 11.3 Å². The number of hydrogen-bond acceptors (Lipinski definition) is 4. The van der Waals surface area contributed by atoms with Gasteiger partial charge in [-0.3, -0.25) is 14.5 Å². The number of aliphatic hydroxyl groups is 2. The van der Waals surface area contributed by atoms with Crippen LogP contribution in [0.25, 0.3) is 0 Å². The summed E-state index contributed by atoms with van der Waals surface area (Å²) in [6.07, 6.45) is 32.0. The lowest BCUT2D eigenvalue weighted by Crippen LogP contribution is -3.22. The molecule has 0 aromatic rings. The Bertz CT molecular complexity index is 630. The van der Waals surface area contributed by atoms with Gasteiger partial charge in [-0.25, -0.2) is 0 Å². The van der Waals surface area contributed by atoms with Crippen LogP contribution in [-0.2, 0) is 9.59 Å². The number of halogens is 1. The van der Waals surface area contributed by atoms with Crippen molar-refractivity contribution in [2.24, 2.45) is 0 Å². The van der Waals surface area contributed by atoms with Gasteiger partial charge >= 0.3 is 0 Å². The molecule has 6 heteroatoms. The van der Waals surface area contributed by atoms with E-state index in [9.17, 15) is 19.8 Å². The zero-order valence-electron chi connectivity index (χ0n) is 29.2. The summed E-state index contributed by atoms with van der Waals surface area (Å²) in [5.74, 6) is -0.373. The number of hydrogen-bond donors (Lipinski definition) is 3. The summed E-state index contributed by atoms with van der Waals surface area (Å²) in [6, 6.07) is 0. The molecule has 0 fully saturated rings. The van der Waals surface area contributed by atoms with E-state index in [4.69, 9.17) is 0 Å². The van der Waals surface area contributed by atoms with Crippen LogP contribution in [0.4, 0.5) is 0 Å². The molecule has 3 N–H and O–H groups in total. The molecule has 3 atom stereocenters. The first-order valence-electron chi connectivity index (χ1n) is 18.6. The predicted octanol–water partition coefficient (Wildman–Crippen LogP) is 6.02. The van der Waals surface area contributed by atoms with Crippen molar-refractivity contribution in [3.8, 4) is 0 Å². The number of carbonyl (C=O) groups is 2. The fourth-order valence-corrected chi connectivity index (χ4v) is 6.03. The predicted molar refractivity (Wildman–Crippen MR) is 179 cm³/mol. The smallest absolute Gasteiger partial charge is 0.268 e. The summed E-state index contributed by atoms with van der Waals surface area (Å²) in [5.41, 5.74) is -1.83. The lowest BCUT2D eigenvalue weighted by molar-refractivity contribution is -0.988. The molecule has 0 rings (SSSR count). The Kier molecular flexibility index (Phi) is 33.0. The second-order valence-electron chi connectivity index (χ2n) is 13.3. The highest BCUT2D eigenvalue weighted by Gasteiger charge is 2.47. The van der Waals surface area contributed by atoms with Gasteiger partial charge < -0.3 is 27.2 Å². The van der Waals surface area contributed by atoms with Crippen LogP contribution >= 0.6 is 0 Å². The molecule has 0 saturated carbocycles. The number of aliphatic hydroxyl groups excluding tert-OH is 1. The number of quaternary nitrogens is 1. The number of Topliss-reactive ketones (excluding diaryl/α,β-unsaturated/α-hetero) is 2. The number of rotatable bonds is 33. The van der Waals surface area contributed by atoms with Crippen molar-refractivity contribution >= 4 is 11.6 Å². The van der Waals surface area contributed by atoms with Gasteiger partial charge in [-0.15, -0.1) is 0 Å². The molecule has 0 aromatic heterocycles. The Morgan fingerprint density at radius 3 is 1.14 bits per heavy atom. The standard InChI is InChI=1S/C37H73NO4.BrH/c1-5-7-9-11-13-15-17-19-21-23-25-27-29-31-35(40)33-37(42,38(4)34(3)39)36(41)32-30-28-26-24-22-20-18-16-14-12-10-8-6-2;/h34,39,42H,5-33H2,1-4H3;1H. The SMILES string of the molecule is CCCCCCCCCCCCCCCC(=O)CC(O)(C(=O)CCCCCCCCCCCCCCC)[NH+](C)C(C)O.[Br-]. The van der Waals surface area contributed by atoms with E-state index in [-0.39, 0.29) is 41.4 Å². The molecule has 0 aliphatic rings. The molecule has 0 heterocycles. The van der Waals surface area contributed by atoms with Crippen molar-refractivity contribution in [1.82, 2.24) is 0 Å². The maximum absolute atomic E-state index is 13.1. The molecular formula is C37H74BrNO4. The number of carbonyl (C=O) groups excluding carboxylic acids is 2. The van der Waals surface area contributed by atoms with E-state index in [1.807, 2.05) is 0 Å². The lowest BCUT2D eigenvalue weighted by atomic mass is 9.93. The minimum Gasteiger partial charge on any atom is -1.00 e. The van der Waals surface area contributed by atoms with Gasteiger partial charge in [-0.2, -0.15) is 0 Å². The summed E-state index contributed by atoms with van der Waals surface area (Å²) in [5, 5.41) is 21.5. The highest BCUT2D eigenvalue weighted by Crippen LogP contribution is 2.17. The van der Waals surface area contributed by atoms with E-state index >= 15 is 0 Å². The molecule has 258 valence electrons. The van der Waals surface area contributed by atoms with Crippen LogP contribution in [0.3, 0.4) is 0 Å². The second-order valence-corrected chi connectivity index (χ2v) is 13.3. The van der Waals surface area contributed by atoms with Crippen LogP contribution < -0.4 is 21.9 Å². The van der Waals surface area contributed by atoms with Gasteiger partial charge in [-0.1, -0.05) is 168 Å². The number of nitrogens with one attached hydrogen (secondary N) is 1. The highest BCUT2D eigenvalue weighted by atomic mass is 79.9. The van der Waals surface area contributed by atoms with Crippen molar-refractivity contribution in [3.05, 3.63) is 0 Å². The molecule has 0 aliphatic heterocycles. The van der Waals surface area contributed by atoms with Crippen molar-refractivity contribution in [2.75, 3.05) is 7.05 Å². The molecule has 3 unspecified atom stereocenters. The zero-order valence-corrected chi connectivity index (χ0v) is 30.8. The fourth-order valence-electron chi connectivity index (χ4n) is 6.03. The summed E-state index contributed by atoms with van der Waals surface area (Å²) >= 11 is 0. The quantitative estimate of drug-likeness (QED) is 0.0587. The third-order valence-corrected chi connectivity index (χ3v) is 9.26. The third kappa shape index (κ3) is 25.6. The first-order valence-corrected chi connectivity index (χ1v) is 18.6. The Labute approximate surface area is 278 Å². The van der Waals surface area contributed by atoms with Crippen molar-refractivity contribution in [3.63, 3.8) is 0 Å². The third-order valence-electron chi connectivity index (χ3n) is 9.26. The monoisotopic (exact) mass is 675 g/mol. The molecule has 0 aliphatic carbocycles. The Morgan fingerprint density at radius 1 is 0.558 bits per heavy atom. The minimum atomic E-state index is -1.83. The van der Waals surface area contributed by atoms with Crippen LogP contribution in [0.15, 0.2) is 0 Å². The van der Waals surface area contributed by atoms with Gasteiger partial charge in [0.2, 0.25) is 5.78 Å². The topological polar surface area (TPSA) is 79.0 Å². The Hall–Kier alpha value is -0.300. The zero-order chi connectivity index (χ0) is 31.3. The summed E-state index contributed by atoms with van der Waals surface area (Å²) in [6.45, 7) is 6.08. The molecule has 0 amide bonds. The Balaban J connectivity index is 0. The fraction of sp³-hybridized carbons (Fsp3) is 0.946.